The fourth-order valence-electron chi connectivity index (χ4n) is 4.67. The van der Waals surface area contributed by atoms with Crippen LogP contribution in [-0.2, 0) is 38.2 Å². The second-order valence-electron chi connectivity index (χ2n) is 12.0. The average Bonchev–Trinajstić information content (AvgIpc) is 3.22. The van der Waals surface area contributed by atoms with Crippen molar-refractivity contribution >= 4 is 29.5 Å². The van der Waals surface area contributed by atoms with Gasteiger partial charge in [-0.1, -0.05) is 85.3 Å². The number of ketones is 2. The molecule has 2 rings (SSSR count). The molecule has 0 amide bonds. The number of esters is 3. The number of carbonyl (C=O) groups excluding carboxylic acids is 5. The maximum Gasteiger partial charge on any atom is 0.343 e. The molecule has 1 aliphatic carbocycles. The van der Waals surface area contributed by atoms with E-state index in [1.54, 1.807) is 6.92 Å². The fraction of sp³-hybridized carbons (Fsp3) is 0.457. The third-order valence-corrected chi connectivity index (χ3v) is 7.21. The van der Waals surface area contributed by atoms with Gasteiger partial charge in [-0.2, -0.15) is 0 Å². The van der Waals surface area contributed by atoms with Crippen molar-refractivity contribution in [3.05, 3.63) is 82.5 Å². The molecule has 4 atom stereocenters. The van der Waals surface area contributed by atoms with Gasteiger partial charge >= 0.3 is 17.9 Å². The molecule has 2 N–H and O–H groups in total. The van der Waals surface area contributed by atoms with E-state index in [4.69, 9.17) is 9.47 Å². The fourth-order valence-corrected chi connectivity index (χ4v) is 4.67. The highest BCUT2D eigenvalue weighted by Crippen LogP contribution is 2.40. The van der Waals surface area contributed by atoms with Gasteiger partial charge in [-0.25, -0.2) is 4.79 Å². The minimum absolute atomic E-state index is 0.262. The van der Waals surface area contributed by atoms with Crippen LogP contribution in [0, 0.1) is 5.41 Å². The summed E-state index contributed by atoms with van der Waals surface area (Å²) in [6, 6.07) is 0. The maximum atomic E-state index is 13.1. The number of rotatable bonds is 13. The number of allylic oxidation sites excluding steroid dienone is 13. The zero-order chi connectivity index (χ0) is 33.9. The van der Waals surface area contributed by atoms with Crippen molar-refractivity contribution in [2.45, 2.75) is 92.1 Å². The maximum absolute atomic E-state index is 13.1. The summed E-state index contributed by atoms with van der Waals surface area (Å²) < 4.78 is 14.9. The summed E-state index contributed by atoms with van der Waals surface area (Å²) in [6.07, 6.45) is 11.0. The van der Waals surface area contributed by atoms with E-state index in [2.05, 4.69) is 4.74 Å². The highest BCUT2D eigenvalue weighted by atomic mass is 16.6. The zero-order valence-corrected chi connectivity index (χ0v) is 27.0. The van der Waals surface area contributed by atoms with Crippen LogP contribution in [0.4, 0.5) is 0 Å². The van der Waals surface area contributed by atoms with E-state index in [9.17, 15) is 34.2 Å². The molecule has 2 unspecified atom stereocenters. The molecule has 0 radical (unpaired) electrons. The molecular formula is C35H44O10. The Morgan fingerprint density at radius 3 is 2.18 bits per heavy atom. The van der Waals surface area contributed by atoms with Crippen LogP contribution in [-0.4, -0.2) is 70.7 Å². The SMILES string of the molecule is CC(C)=CC=CC=C(C)C=CC=C(C)C=CC1=C(C)C(=O)C(OC(=O)CCC(=O)OC[C@H](O)[C@H]2OC(=O)C(O)C2=O)CC1(C)C. The number of aliphatic hydroxyl groups is 2. The number of cyclic esters (lactones) is 1. The van der Waals surface area contributed by atoms with Gasteiger partial charge in [0.1, 0.15) is 12.7 Å². The Morgan fingerprint density at radius 2 is 1.56 bits per heavy atom. The van der Waals surface area contributed by atoms with E-state index in [0.717, 1.165) is 16.7 Å². The predicted octanol–water partition coefficient (Wildman–Crippen LogP) is 4.28. The van der Waals surface area contributed by atoms with Crippen molar-refractivity contribution in [3.63, 3.8) is 0 Å². The van der Waals surface area contributed by atoms with Gasteiger partial charge in [-0.05, 0) is 51.2 Å². The third-order valence-electron chi connectivity index (χ3n) is 7.21. The number of Topliss-reactive ketones (excluding diaryl/α,β-unsaturated/α-hetero) is 2. The summed E-state index contributed by atoms with van der Waals surface area (Å²) in [5.74, 6) is -4.17. The number of aliphatic hydroxyl groups excluding tert-OH is 2. The molecule has 1 fully saturated rings. The standard InChI is InChI=1S/C35H44O10/c1-21(2)11-8-9-12-22(3)13-10-14-23(4)15-16-25-24(5)30(39)27(19-35(25,6)7)44-29(38)18-17-28(37)43-20-26(36)33-31(40)32(41)34(42)45-33/h8-16,26-27,32-33,36,41H,17-20H2,1-7H3/t26-,27?,32?,33+/m0/s1. The summed E-state index contributed by atoms with van der Waals surface area (Å²) >= 11 is 0. The molecule has 0 aromatic carbocycles. The van der Waals surface area contributed by atoms with Crippen LogP contribution in [0.3, 0.4) is 0 Å². The topological polar surface area (TPSA) is 154 Å². The van der Waals surface area contributed by atoms with Crippen LogP contribution in [0.25, 0.3) is 0 Å². The van der Waals surface area contributed by atoms with E-state index in [0.29, 0.717) is 5.57 Å². The Hall–Kier alpha value is -4.15. The van der Waals surface area contributed by atoms with Gasteiger partial charge in [-0.3, -0.25) is 19.2 Å². The first-order chi connectivity index (χ1) is 21.0. The summed E-state index contributed by atoms with van der Waals surface area (Å²) in [7, 11) is 0. The Morgan fingerprint density at radius 1 is 0.956 bits per heavy atom. The minimum atomic E-state index is -1.99. The molecule has 45 heavy (non-hydrogen) atoms. The molecule has 0 aromatic rings. The quantitative estimate of drug-likeness (QED) is 0.131. The van der Waals surface area contributed by atoms with Crippen LogP contribution < -0.4 is 0 Å². The van der Waals surface area contributed by atoms with Gasteiger partial charge in [0, 0.05) is 6.42 Å². The number of hydrogen-bond donors (Lipinski definition) is 2. The zero-order valence-electron chi connectivity index (χ0n) is 27.0. The van der Waals surface area contributed by atoms with Gasteiger partial charge in [-0.15, -0.1) is 0 Å². The van der Waals surface area contributed by atoms with Crippen molar-refractivity contribution in [2.24, 2.45) is 5.41 Å². The monoisotopic (exact) mass is 624 g/mol. The van der Waals surface area contributed by atoms with Crippen molar-refractivity contribution in [3.8, 4) is 0 Å². The summed E-state index contributed by atoms with van der Waals surface area (Å²) in [5, 5.41) is 19.3. The van der Waals surface area contributed by atoms with E-state index in [1.165, 1.54) is 5.57 Å². The first kappa shape index (κ1) is 37.0. The van der Waals surface area contributed by atoms with Crippen LogP contribution in [0.2, 0.25) is 0 Å². The summed E-state index contributed by atoms with van der Waals surface area (Å²) in [4.78, 5) is 60.5. The van der Waals surface area contributed by atoms with E-state index in [-0.39, 0.29) is 18.6 Å². The van der Waals surface area contributed by atoms with Gasteiger partial charge < -0.3 is 24.4 Å². The second kappa shape index (κ2) is 16.8. The molecule has 10 heteroatoms. The van der Waals surface area contributed by atoms with Gasteiger partial charge in [0.25, 0.3) is 0 Å². The molecule has 0 aromatic heterocycles. The molecule has 1 aliphatic heterocycles. The lowest BCUT2D eigenvalue weighted by Crippen LogP contribution is -2.39. The highest BCUT2D eigenvalue weighted by molar-refractivity contribution is 6.09. The van der Waals surface area contributed by atoms with E-state index < -0.39 is 66.5 Å². The number of hydrogen-bond acceptors (Lipinski definition) is 10. The molecule has 1 heterocycles. The minimum Gasteiger partial charge on any atom is -0.463 e. The largest absolute Gasteiger partial charge is 0.463 e. The van der Waals surface area contributed by atoms with E-state index in [1.807, 2.05) is 96.2 Å². The molecule has 10 nitrogen and oxygen atoms in total. The second-order valence-corrected chi connectivity index (χ2v) is 12.0. The lowest BCUT2D eigenvalue weighted by Gasteiger charge is -2.36. The first-order valence-electron chi connectivity index (χ1n) is 14.8. The van der Waals surface area contributed by atoms with Crippen LogP contribution in [0.15, 0.2) is 82.5 Å². The molecule has 244 valence electrons. The Bertz CT molecular complexity index is 1380. The predicted molar refractivity (Wildman–Crippen MR) is 167 cm³/mol. The molecule has 2 aliphatic rings. The van der Waals surface area contributed by atoms with Crippen molar-refractivity contribution in [2.75, 3.05) is 6.61 Å². The Balaban J connectivity index is 1.91. The highest BCUT2D eigenvalue weighted by Gasteiger charge is 2.46. The molecule has 0 bridgehead atoms. The average molecular weight is 625 g/mol. The normalized spacial score (nSPS) is 23.2. The molecular weight excluding hydrogens is 580 g/mol. The van der Waals surface area contributed by atoms with Crippen molar-refractivity contribution in [1.82, 2.24) is 0 Å². The van der Waals surface area contributed by atoms with Crippen molar-refractivity contribution in [1.29, 1.82) is 0 Å². The number of ether oxygens (including phenoxy) is 3. The lowest BCUT2D eigenvalue weighted by atomic mass is 9.71. The van der Waals surface area contributed by atoms with Crippen LogP contribution in [0.5, 0.6) is 0 Å². The van der Waals surface area contributed by atoms with Crippen molar-refractivity contribution < 1.29 is 48.4 Å². The van der Waals surface area contributed by atoms with Crippen LogP contribution in [0.1, 0.15) is 67.7 Å². The first-order valence-corrected chi connectivity index (χ1v) is 14.8. The Kier molecular flexibility index (Phi) is 13.8. The van der Waals surface area contributed by atoms with Gasteiger partial charge in [0.2, 0.25) is 11.9 Å². The van der Waals surface area contributed by atoms with E-state index >= 15 is 0 Å². The molecule has 0 saturated carbocycles. The number of carbonyl (C=O) groups is 5. The van der Waals surface area contributed by atoms with Gasteiger partial charge in [0.05, 0.1) is 12.8 Å². The van der Waals surface area contributed by atoms with Gasteiger partial charge in [0.15, 0.2) is 18.0 Å². The lowest BCUT2D eigenvalue weighted by molar-refractivity contribution is -0.160. The summed E-state index contributed by atoms with van der Waals surface area (Å²) in [5.41, 5.74) is 4.18. The molecule has 0 spiro atoms. The smallest absolute Gasteiger partial charge is 0.343 e. The van der Waals surface area contributed by atoms with Crippen LogP contribution >= 0.6 is 0 Å². The molecule has 1 saturated heterocycles. The summed E-state index contributed by atoms with van der Waals surface area (Å²) in [6.45, 7) is 13.0. The third kappa shape index (κ3) is 11.4. The Labute approximate surface area is 264 Å².